The molecule has 0 radical (unpaired) electrons. The zero-order chi connectivity index (χ0) is 11.4. The smallest absolute Gasteiger partial charge is 0.305 e. The third-order valence-corrected chi connectivity index (χ3v) is 3.48. The summed E-state index contributed by atoms with van der Waals surface area (Å²) in [7, 11) is -0.852. The van der Waals surface area contributed by atoms with Crippen LogP contribution < -0.4 is 5.73 Å². The second kappa shape index (κ2) is 5.22. The highest BCUT2D eigenvalue weighted by Gasteiger charge is 2.25. The van der Waals surface area contributed by atoms with Crippen LogP contribution in [0, 0.1) is 0 Å². The average Bonchev–Trinajstić information content (AvgIpc) is 2.17. The highest BCUT2D eigenvalue weighted by Crippen LogP contribution is 2.03. The Morgan fingerprint density at radius 1 is 1.40 bits per heavy atom. The lowest BCUT2D eigenvalue weighted by atomic mass is 10.2. The van der Waals surface area contributed by atoms with E-state index in [-0.39, 0.29) is 12.3 Å². The van der Waals surface area contributed by atoms with Crippen molar-refractivity contribution in [2.75, 3.05) is 24.6 Å². The predicted molar refractivity (Wildman–Crippen MR) is 54.7 cm³/mol. The van der Waals surface area contributed by atoms with Gasteiger partial charge in [0.25, 0.3) is 0 Å². The number of carbonyl (C=O) groups is 2. The van der Waals surface area contributed by atoms with Crippen LogP contribution in [0.3, 0.4) is 0 Å². The molecular formula is C8H14N2O4S. The van der Waals surface area contributed by atoms with Crippen LogP contribution in [0.2, 0.25) is 0 Å². The van der Waals surface area contributed by atoms with E-state index in [4.69, 9.17) is 10.8 Å². The summed E-state index contributed by atoms with van der Waals surface area (Å²) in [5.41, 5.74) is 5.44. The Kier molecular flexibility index (Phi) is 4.22. The number of carboxylic acids is 1. The summed E-state index contributed by atoms with van der Waals surface area (Å²) in [6.45, 7) is 0.803. The van der Waals surface area contributed by atoms with Gasteiger partial charge in [-0.3, -0.25) is 13.8 Å². The molecule has 1 aliphatic rings. The molecule has 0 saturated carbocycles. The number of rotatable bonds is 3. The van der Waals surface area contributed by atoms with E-state index in [1.165, 1.54) is 4.90 Å². The van der Waals surface area contributed by atoms with E-state index in [9.17, 15) is 13.8 Å². The van der Waals surface area contributed by atoms with Crippen molar-refractivity contribution >= 4 is 22.7 Å². The number of hydrogen-bond acceptors (Lipinski definition) is 4. The van der Waals surface area contributed by atoms with Crippen LogP contribution in [0.1, 0.15) is 6.42 Å². The lowest BCUT2D eigenvalue weighted by molar-refractivity contribution is -0.141. The van der Waals surface area contributed by atoms with Crippen LogP contribution in [-0.2, 0) is 20.4 Å². The fourth-order valence-corrected chi connectivity index (χ4v) is 2.42. The molecule has 15 heavy (non-hydrogen) atoms. The van der Waals surface area contributed by atoms with Gasteiger partial charge in [0.15, 0.2) is 0 Å². The minimum absolute atomic E-state index is 0.363. The van der Waals surface area contributed by atoms with Gasteiger partial charge in [-0.25, -0.2) is 0 Å². The Morgan fingerprint density at radius 3 is 2.40 bits per heavy atom. The third kappa shape index (κ3) is 3.60. The standard InChI is InChI=1S/C8H14N2O4S/c9-6(5-7(11)12)8(13)10-1-3-15(14)4-2-10/h6H,1-5,9H2,(H,11,12). The van der Waals surface area contributed by atoms with Crippen molar-refractivity contribution in [2.45, 2.75) is 12.5 Å². The van der Waals surface area contributed by atoms with Gasteiger partial charge in [-0.1, -0.05) is 0 Å². The molecule has 86 valence electrons. The summed E-state index contributed by atoms with van der Waals surface area (Å²) in [5, 5.41) is 8.47. The fourth-order valence-electron chi connectivity index (χ4n) is 1.37. The normalized spacial score (nSPS) is 19.9. The molecule has 1 fully saturated rings. The molecule has 1 saturated heterocycles. The minimum Gasteiger partial charge on any atom is -0.481 e. The van der Waals surface area contributed by atoms with Crippen LogP contribution >= 0.6 is 0 Å². The third-order valence-electron chi connectivity index (χ3n) is 2.20. The highest BCUT2D eigenvalue weighted by molar-refractivity contribution is 7.85. The maximum absolute atomic E-state index is 11.6. The number of hydrogen-bond donors (Lipinski definition) is 2. The first-order chi connectivity index (χ1) is 7.00. The quantitative estimate of drug-likeness (QED) is 0.611. The monoisotopic (exact) mass is 234 g/mol. The topological polar surface area (TPSA) is 101 Å². The highest BCUT2D eigenvalue weighted by atomic mass is 32.2. The molecule has 1 aliphatic heterocycles. The molecule has 1 rings (SSSR count). The van der Waals surface area contributed by atoms with Crippen molar-refractivity contribution < 1.29 is 18.9 Å². The fraction of sp³-hybridized carbons (Fsp3) is 0.750. The molecule has 1 atom stereocenters. The summed E-state index contributed by atoms with van der Waals surface area (Å²) >= 11 is 0. The molecule has 1 heterocycles. The summed E-state index contributed by atoms with van der Waals surface area (Å²) in [6.07, 6.45) is -0.363. The van der Waals surface area contributed by atoms with Crippen molar-refractivity contribution in [3.05, 3.63) is 0 Å². The molecule has 0 aromatic rings. The Balaban J connectivity index is 2.46. The molecule has 6 nitrogen and oxygen atoms in total. The van der Waals surface area contributed by atoms with E-state index in [2.05, 4.69) is 0 Å². The van der Waals surface area contributed by atoms with E-state index in [0.29, 0.717) is 24.6 Å². The zero-order valence-electron chi connectivity index (χ0n) is 8.22. The number of aliphatic carboxylic acids is 1. The van der Waals surface area contributed by atoms with Gasteiger partial charge in [0.1, 0.15) is 0 Å². The second-order valence-corrected chi connectivity index (χ2v) is 5.07. The first kappa shape index (κ1) is 12.1. The largest absolute Gasteiger partial charge is 0.481 e. The zero-order valence-corrected chi connectivity index (χ0v) is 9.03. The van der Waals surface area contributed by atoms with Gasteiger partial charge in [0, 0.05) is 35.4 Å². The van der Waals surface area contributed by atoms with E-state index in [1.807, 2.05) is 0 Å². The Bertz CT molecular complexity index is 284. The molecule has 0 aliphatic carbocycles. The van der Waals surface area contributed by atoms with Crippen LogP contribution in [0.15, 0.2) is 0 Å². The summed E-state index contributed by atoms with van der Waals surface area (Å²) < 4.78 is 11.0. The van der Waals surface area contributed by atoms with Crippen molar-refractivity contribution in [3.63, 3.8) is 0 Å². The van der Waals surface area contributed by atoms with Crippen LogP contribution in [0.4, 0.5) is 0 Å². The van der Waals surface area contributed by atoms with Crippen LogP contribution in [0.5, 0.6) is 0 Å². The molecule has 0 aromatic heterocycles. The lowest BCUT2D eigenvalue weighted by Crippen LogP contribution is -2.49. The predicted octanol–water partition coefficient (Wildman–Crippen LogP) is -1.62. The van der Waals surface area contributed by atoms with Gasteiger partial charge < -0.3 is 15.7 Å². The summed E-state index contributed by atoms with van der Waals surface area (Å²) in [5.74, 6) is -0.553. The molecule has 1 amide bonds. The second-order valence-electron chi connectivity index (χ2n) is 3.38. The molecule has 3 N–H and O–H groups in total. The molecule has 1 unspecified atom stereocenters. The SMILES string of the molecule is NC(CC(=O)O)C(=O)N1CCS(=O)CC1. The summed E-state index contributed by atoms with van der Waals surface area (Å²) in [6, 6.07) is -0.992. The van der Waals surface area contributed by atoms with E-state index in [0.717, 1.165) is 0 Å². The number of nitrogens with two attached hydrogens (primary N) is 1. The van der Waals surface area contributed by atoms with Gasteiger partial charge in [0.05, 0.1) is 12.5 Å². The number of carbonyl (C=O) groups excluding carboxylic acids is 1. The van der Waals surface area contributed by atoms with Gasteiger partial charge in [0.2, 0.25) is 5.91 Å². The Labute approximate surface area is 89.9 Å². The molecule has 0 spiro atoms. The van der Waals surface area contributed by atoms with E-state index >= 15 is 0 Å². The summed E-state index contributed by atoms with van der Waals surface area (Å²) in [4.78, 5) is 23.4. The first-order valence-corrected chi connectivity index (χ1v) is 6.10. The van der Waals surface area contributed by atoms with Gasteiger partial charge >= 0.3 is 5.97 Å². The maximum Gasteiger partial charge on any atom is 0.305 e. The first-order valence-electron chi connectivity index (χ1n) is 4.62. The van der Waals surface area contributed by atoms with E-state index in [1.54, 1.807) is 0 Å². The van der Waals surface area contributed by atoms with Crippen molar-refractivity contribution in [1.29, 1.82) is 0 Å². The Hall–Kier alpha value is -0.950. The number of amides is 1. The number of carboxylic acid groups (broad SMARTS) is 1. The lowest BCUT2D eigenvalue weighted by Gasteiger charge is -2.28. The maximum atomic E-state index is 11.6. The van der Waals surface area contributed by atoms with Gasteiger partial charge in [-0.2, -0.15) is 0 Å². The van der Waals surface area contributed by atoms with Gasteiger partial charge in [-0.15, -0.1) is 0 Å². The number of nitrogens with zero attached hydrogens (tertiary/aromatic N) is 1. The molecule has 7 heteroatoms. The Morgan fingerprint density at radius 2 is 1.93 bits per heavy atom. The molecule has 0 aromatic carbocycles. The van der Waals surface area contributed by atoms with Crippen molar-refractivity contribution in [2.24, 2.45) is 5.73 Å². The van der Waals surface area contributed by atoms with Crippen molar-refractivity contribution in [1.82, 2.24) is 4.90 Å². The minimum atomic E-state index is -1.09. The average molecular weight is 234 g/mol. The van der Waals surface area contributed by atoms with Gasteiger partial charge in [-0.05, 0) is 0 Å². The molecular weight excluding hydrogens is 220 g/mol. The van der Waals surface area contributed by atoms with Crippen molar-refractivity contribution in [3.8, 4) is 0 Å². The van der Waals surface area contributed by atoms with Crippen LogP contribution in [-0.4, -0.2) is 56.7 Å². The van der Waals surface area contributed by atoms with E-state index < -0.39 is 22.8 Å². The molecule has 0 bridgehead atoms. The van der Waals surface area contributed by atoms with Crippen LogP contribution in [0.25, 0.3) is 0 Å².